The van der Waals surface area contributed by atoms with Gasteiger partial charge in [0.2, 0.25) is 0 Å². The van der Waals surface area contributed by atoms with Gasteiger partial charge in [-0.2, -0.15) is 0 Å². The number of likely N-dealkylation sites (tertiary alicyclic amines) is 1. The molecule has 3 rings (SSSR count). The van der Waals surface area contributed by atoms with E-state index in [0.717, 1.165) is 16.7 Å². The first-order chi connectivity index (χ1) is 15.0. The van der Waals surface area contributed by atoms with Crippen molar-refractivity contribution < 1.29 is 23.9 Å². The second-order valence-corrected chi connectivity index (χ2v) is 7.72. The van der Waals surface area contributed by atoms with Crippen molar-refractivity contribution in [3.63, 3.8) is 0 Å². The molecule has 6 heteroatoms. The number of esters is 2. The average molecular weight is 424 g/mol. The van der Waals surface area contributed by atoms with Crippen LogP contribution in [0.25, 0.3) is 11.1 Å². The van der Waals surface area contributed by atoms with Crippen LogP contribution in [0.4, 0.5) is 0 Å². The topological polar surface area (TPSA) is 72.9 Å². The minimum Gasteiger partial charge on any atom is -0.466 e. The Hall–Kier alpha value is -3.15. The molecule has 1 saturated heterocycles. The Balaban J connectivity index is 1.47. The lowest BCUT2D eigenvalue weighted by Crippen LogP contribution is -2.45. The zero-order valence-electron chi connectivity index (χ0n) is 18.1. The minimum absolute atomic E-state index is 0.109. The molecule has 6 nitrogen and oxygen atoms in total. The standard InChI is InChI=1S/C25H29NO5/c1-3-30-25(29)22-13-15-26(16-14-22)24(28)18(2)31-23(27)17-19-9-11-21(12-10-19)20-7-5-4-6-8-20/h4-12,18,22H,3,13-17H2,1-2H3/t18-/m0/s1. The molecule has 164 valence electrons. The SMILES string of the molecule is CCOC(=O)C1CCN(C(=O)[C@H](C)OC(=O)Cc2ccc(-c3ccccc3)cc2)CC1. The number of rotatable bonds is 7. The van der Waals surface area contributed by atoms with Crippen molar-refractivity contribution in [2.24, 2.45) is 5.92 Å². The van der Waals surface area contributed by atoms with Gasteiger partial charge < -0.3 is 14.4 Å². The number of hydrogen-bond donors (Lipinski definition) is 0. The van der Waals surface area contributed by atoms with E-state index in [1.54, 1.807) is 18.7 Å². The van der Waals surface area contributed by atoms with Crippen molar-refractivity contribution in [1.82, 2.24) is 4.90 Å². The van der Waals surface area contributed by atoms with Gasteiger partial charge in [-0.1, -0.05) is 54.6 Å². The number of benzene rings is 2. The third kappa shape index (κ3) is 6.17. The molecule has 0 unspecified atom stereocenters. The van der Waals surface area contributed by atoms with E-state index in [-0.39, 0.29) is 24.2 Å². The second-order valence-electron chi connectivity index (χ2n) is 7.72. The van der Waals surface area contributed by atoms with Crippen LogP contribution in [-0.4, -0.2) is 48.5 Å². The molecule has 31 heavy (non-hydrogen) atoms. The summed E-state index contributed by atoms with van der Waals surface area (Å²) >= 11 is 0. The Kier molecular flexibility index (Phi) is 7.82. The Bertz CT molecular complexity index is 886. The monoisotopic (exact) mass is 423 g/mol. The summed E-state index contributed by atoms with van der Waals surface area (Å²) in [4.78, 5) is 38.4. The van der Waals surface area contributed by atoms with E-state index in [2.05, 4.69) is 0 Å². The summed E-state index contributed by atoms with van der Waals surface area (Å²) < 4.78 is 10.4. The highest BCUT2D eigenvalue weighted by Gasteiger charge is 2.31. The Morgan fingerprint density at radius 1 is 0.968 bits per heavy atom. The molecule has 1 atom stereocenters. The van der Waals surface area contributed by atoms with Crippen LogP contribution in [0.15, 0.2) is 54.6 Å². The number of ether oxygens (including phenoxy) is 2. The van der Waals surface area contributed by atoms with Gasteiger partial charge in [0.1, 0.15) is 0 Å². The number of carbonyl (C=O) groups excluding carboxylic acids is 3. The first-order valence-electron chi connectivity index (χ1n) is 10.8. The molecule has 1 aliphatic heterocycles. The van der Waals surface area contributed by atoms with Gasteiger partial charge in [-0.15, -0.1) is 0 Å². The number of amides is 1. The van der Waals surface area contributed by atoms with Gasteiger partial charge in [-0.05, 0) is 43.4 Å². The predicted octanol–water partition coefficient (Wildman–Crippen LogP) is 3.63. The van der Waals surface area contributed by atoms with Crippen LogP contribution in [0.2, 0.25) is 0 Å². The van der Waals surface area contributed by atoms with Crippen LogP contribution >= 0.6 is 0 Å². The summed E-state index contributed by atoms with van der Waals surface area (Å²) in [5.41, 5.74) is 3.02. The van der Waals surface area contributed by atoms with Gasteiger partial charge in [0.15, 0.2) is 6.10 Å². The Morgan fingerprint density at radius 2 is 1.58 bits per heavy atom. The fourth-order valence-corrected chi connectivity index (χ4v) is 3.75. The van der Waals surface area contributed by atoms with Crippen molar-refractivity contribution in [2.75, 3.05) is 19.7 Å². The van der Waals surface area contributed by atoms with E-state index in [1.165, 1.54) is 0 Å². The summed E-state index contributed by atoms with van der Waals surface area (Å²) in [6, 6.07) is 17.8. The van der Waals surface area contributed by atoms with Crippen molar-refractivity contribution in [1.29, 1.82) is 0 Å². The van der Waals surface area contributed by atoms with Crippen molar-refractivity contribution in [2.45, 2.75) is 39.2 Å². The quantitative estimate of drug-likeness (QED) is 0.636. The smallest absolute Gasteiger partial charge is 0.311 e. The molecule has 1 amide bonds. The first kappa shape index (κ1) is 22.5. The predicted molar refractivity (Wildman–Crippen MR) is 117 cm³/mol. The van der Waals surface area contributed by atoms with E-state index in [0.29, 0.717) is 32.5 Å². The van der Waals surface area contributed by atoms with Gasteiger partial charge >= 0.3 is 11.9 Å². The van der Waals surface area contributed by atoms with E-state index in [9.17, 15) is 14.4 Å². The molecule has 1 heterocycles. The number of carbonyl (C=O) groups is 3. The highest BCUT2D eigenvalue weighted by atomic mass is 16.5. The summed E-state index contributed by atoms with van der Waals surface area (Å²) in [6.45, 7) is 4.66. The van der Waals surface area contributed by atoms with Crippen LogP contribution in [0.3, 0.4) is 0 Å². The number of nitrogens with zero attached hydrogens (tertiary/aromatic N) is 1. The molecule has 2 aromatic carbocycles. The van der Waals surface area contributed by atoms with Crippen molar-refractivity contribution in [3.05, 3.63) is 60.2 Å². The molecule has 0 aliphatic carbocycles. The van der Waals surface area contributed by atoms with Crippen LogP contribution in [0.5, 0.6) is 0 Å². The average Bonchev–Trinajstić information content (AvgIpc) is 2.80. The highest BCUT2D eigenvalue weighted by molar-refractivity contribution is 5.84. The maximum Gasteiger partial charge on any atom is 0.311 e. The zero-order valence-corrected chi connectivity index (χ0v) is 18.1. The Labute approximate surface area is 183 Å². The molecular weight excluding hydrogens is 394 g/mol. The van der Waals surface area contributed by atoms with Crippen molar-refractivity contribution >= 4 is 17.8 Å². The van der Waals surface area contributed by atoms with E-state index in [4.69, 9.17) is 9.47 Å². The largest absolute Gasteiger partial charge is 0.466 e. The minimum atomic E-state index is -0.852. The van der Waals surface area contributed by atoms with Crippen LogP contribution < -0.4 is 0 Å². The molecule has 0 aromatic heterocycles. The van der Waals surface area contributed by atoms with Crippen LogP contribution in [-0.2, 0) is 30.3 Å². The van der Waals surface area contributed by atoms with Gasteiger partial charge in [-0.25, -0.2) is 0 Å². The molecule has 0 N–H and O–H groups in total. The third-order valence-corrected chi connectivity index (χ3v) is 5.49. The fourth-order valence-electron chi connectivity index (χ4n) is 3.75. The molecule has 2 aromatic rings. The molecular formula is C25H29NO5. The van der Waals surface area contributed by atoms with Gasteiger partial charge in [0.25, 0.3) is 5.91 Å². The molecule has 0 radical (unpaired) electrons. The summed E-state index contributed by atoms with van der Waals surface area (Å²) in [7, 11) is 0. The lowest BCUT2D eigenvalue weighted by Gasteiger charge is -2.32. The molecule has 1 aliphatic rings. The summed E-state index contributed by atoms with van der Waals surface area (Å²) in [5.74, 6) is -1.03. The van der Waals surface area contributed by atoms with E-state index >= 15 is 0 Å². The second kappa shape index (κ2) is 10.8. The van der Waals surface area contributed by atoms with E-state index < -0.39 is 12.1 Å². The zero-order chi connectivity index (χ0) is 22.2. The molecule has 1 fully saturated rings. The molecule has 0 bridgehead atoms. The molecule has 0 spiro atoms. The van der Waals surface area contributed by atoms with Gasteiger partial charge in [0.05, 0.1) is 18.9 Å². The summed E-state index contributed by atoms with van der Waals surface area (Å²) in [5, 5.41) is 0. The maximum atomic E-state index is 12.6. The maximum absolute atomic E-state index is 12.6. The summed E-state index contributed by atoms with van der Waals surface area (Å²) in [6.07, 6.45) is 0.394. The lowest BCUT2D eigenvalue weighted by atomic mass is 9.97. The van der Waals surface area contributed by atoms with Gasteiger partial charge in [0, 0.05) is 13.1 Å². The number of hydrogen-bond acceptors (Lipinski definition) is 5. The Morgan fingerprint density at radius 3 is 2.19 bits per heavy atom. The first-order valence-corrected chi connectivity index (χ1v) is 10.8. The van der Waals surface area contributed by atoms with E-state index in [1.807, 2.05) is 54.6 Å². The normalized spacial score (nSPS) is 15.2. The van der Waals surface area contributed by atoms with Crippen molar-refractivity contribution in [3.8, 4) is 11.1 Å². The van der Waals surface area contributed by atoms with Crippen LogP contribution in [0, 0.1) is 5.92 Å². The lowest BCUT2D eigenvalue weighted by molar-refractivity contribution is -0.160. The highest BCUT2D eigenvalue weighted by Crippen LogP contribution is 2.21. The van der Waals surface area contributed by atoms with Crippen LogP contribution in [0.1, 0.15) is 32.3 Å². The third-order valence-electron chi connectivity index (χ3n) is 5.49. The fraction of sp³-hybridized carbons (Fsp3) is 0.400. The number of piperidine rings is 1. The molecule has 0 saturated carbocycles. The van der Waals surface area contributed by atoms with Gasteiger partial charge in [-0.3, -0.25) is 14.4 Å².